The number of hydrogen-bond donors (Lipinski definition) is 1. The second kappa shape index (κ2) is 6.78. The Morgan fingerprint density at radius 3 is 2.96 bits per heavy atom. The minimum atomic E-state index is -0.398. The second-order valence-electron chi connectivity index (χ2n) is 5.42. The van der Waals surface area contributed by atoms with Crippen molar-refractivity contribution in [3.05, 3.63) is 64.8 Å². The fourth-order valence-corrected chi connectivity index (χ4v) is 3.50. The quantitative estimate of drug-likeness (QED) is 0.567. The van der Waals surface area contributed by atoms with E-state index < -0.39 is 5.91 Å². The number of amides is 1. The number of methoxy groups -OCH3 is 1. The summed E-state index contributed by atoms with van der Waals surface area (Å²) in [6.45, 7) is 0. The highest BCUT2D eigenvalue weighted by Crippen LogP contribution is 2.28. The molecule has 0 unspecified atom stereocenters. The summed E-state index contributed by atoms with van der Waals surface area (Å²) in [5, 5.41) is 9.64. The van der Waals surface area contributed by atoms with Crippen LogP contribution in [0, 0.1) is 0 Å². The van der Waals surface area contributed by atoms with Crippen molar-refractivity contribution in [1.29, 1.82) is 0 Å². The van der Waals surface area contributed by atoms with Gasteiger partial charge in [0, 0.05) is 17.1 Å². The van der Waals surface area contributed by atoms with Crippen LogP contribution in [0.2, 0.25) is 5.02 Å². The lowest BCUT2D eigenvalue weighted by molar-refractivity contribution is 0.102. The molecule has 3 aromatic heterocycles. The molecule has 8 heteroatoms. The Bertz CT molecular complexity index is 1110. The highest BCUT2D eigenvalue weighted by atomic mass is 35.5. The van der Waals surface area contributed by atoms with Crippen LogP contribution in [0.25, 0.3) is 16.8 Å². The lowest BCUT2D eigenvalue weighted by atomic mass is 10.2. The summed E-state index contributed by atoms with van der Waals surface area (Å²) in [6, 6.07) is 13.0. The molecule has 0 aliphatic carbocycles. The van der Waals surface area contributed by atoms with Crippen LogP contribution in [0.3, 0.4) is 0 Å². The van der Waals surface area contributed by atoms with Crippen LogP contribution in [-0.2, 0) is 0 Å². The Morgan fingerprint density at radius 1 is 1.27 bits per heavy atom. The normalized spacial score (nSPS) is 10.8. The summed E-state index contributed by atoms with van der Waals surface area (Å²) in [5.41, 5.74) is 2.50. The minimum Gasteiger partial charge on any atom is -0.497 e. The van der Waals surface area contributed by atoms with Crippen molar-refractivity contribution in [1.82, 2.24) is 14.6 Å². The van der Waals surface area contributed by atoms with E-state index in [1.54, 1.807) is 23.9 Å². The molecule has 0 spiro atoms. The Labute approximate surface area is 158 Å². The maximum absolute atomic E-state index is 12.5. The van der Waals surface area contributed by atoms with Gasteiger partial charge in [0.2, 0.25) is 0 Å². The summed E-state index contributed by atoms with van der Waals surface area (Å²) in [5.74, 6) is 0.350. The number of ether oxygens (including phenoxy) is 1. The number of nitrogens with zero attached hydrogens (tertiary/aromatic N) is 3. The molecule has 0 saturated heterocycles. The van der Waals surface area contributed by atoms with Crippen molar-refractivity contribution in [3.8, 4) is 17.0 Å². The van der Waals surface area contributed by atoms with E-state index in [2.05, 4.69) is 15.4 Å². The SMILES string of the molecule is COc1cccc(-c2csc(NC(=O)c3nn4ccccc4c3Cl)n2)c1. The number of hydrogen-bond acceptors (Lipinski definition) is 5. The maximum atomic E-state index is 12.5. The summed E-state index contributed by atoms with van der Waals surface area (Å²) in [4.78, 5) is 17.0. The van der Waals surface area contributed by atoms with E-state index in [-0.39, 0.29) is 5.69 Å². The van der Waals surface area contributed by atoms with Crippen LogP contribution in [0.5, 0.6) is 5.75 Å². The van der Waals surface area contributed by atoms with Crippen molar-refractivity contribution in [2.75, 3.05) is 12.4 Å². The number of carbonyl (C=O) groups is 1. The van der Waals surface area contributed by atoms with Crippen LogP contribution in [0.1, 0.15) is 10.5 Å². The van der Waals surface area contributed by atoms with Gasteiger partial charge in [-0.05, 0) is 24.3 Å². The third-order valence-electron chi connectivity index (χ3n) is 3.79. The number of halogens is 1. The van der Waals surface area contributed by atoms with E-state index in [1.165, 1.54) is 11.3 Å². The number of rotatable bonds is 4. The highest BCUT2D eigenvalue weighted by Gasteiger charge is 2.19. The first-order valence-electron chi connectivity index (χ1n) is 7.70. The van der Waals surface area contributed by atoms with E-state index in [4.69, 9.17) is 16.3 Å². The molecule has 0 radical (unpaired) electrons. The first-order chi connectivity index (χ1) is 12.7. The van der Waals surface area contributed by atoms with Crippen molar-refractivity contribution in [3.63, 3.8) is 0 Å². The molecule has 1 N–H and O–H groups in total. The van der Waals surface area contributed by atoms with Gasteiger partial charge >= 0.3 is 0 Å². The van der Waals surface area contributed by atoms with E-state index in [0.717, 1.165) is 17.0 Å². The molecule has 6 nitrogen and oxygen atoms in total. The van der Waals surface area contributed by atoms with Crippen molar-refractivity contribution in [2.45, 2.75) is 0 Å². The van der Waals surface area contributed by atoms with Gasteiger partial charge in [-0.3, -0.25) is 10.1 Å². The minimum absolute atomic E-state index is 0.163. The van der Waals surface area contributed by atoms with E-state index in [1.807, 2.05) is 41.8 Å². The Balaban J connectivity index is 1.58. The van der Waals surface area contributed by atoms with Crippen molar-refractivity contribution in [2.24, 2.45) is 0 Å². The molecule has 3 heterocycles. The lowest BCUT2D eigenvalue weighted by Gasteiger charge is -2.01. The van der Waals surface area contributed by atoms with Crippen LogP contribution in [0.15, 0.2) is 54.0 Å². The third kappa shape index (κ3) is 3.02. The molecular weight excluding hydrogens is 372 g/mol. The molecular formula is C18H13ClN4O2S. The summed E-state index contributed by atoms with van der Waals surface area (Å²) in [7, 11) is 1.62. The van der Waals surface area contributed by atoms with Gasteiger partial charge in [-0.15, -0.1) is 11.3 Å². The number of nitrogens with one attached hydrogen (secondary N) is 1. The van der Waals surface area contributed by atoms with Crippen molar-refractivity contribution < 1.29 is 9.53 Å². The topological polar surface area (TPSA) is 68.5 Å². The molecule has 0 atom stereocenters. The number of pyridine rings is 1. The zero-order valence-corrected chi connectivity index (χ0v) is 15.2. The molecule has 26 heavy (non-hydrogen) atoms. The molecule has 4 aromatic rings. The van der Waals surface area contributed by atoms with Gasteiger partial charge in [-0.2, -0.15) is 5.10 Å². The highest BCUT2D eigenvalue weighted by molar-refractivity contribution is 7.14. The van der Waals surface area contributed by atoms with Crippen LogP contribution >= 0.6 is 22.9 Å². The van der Waals surface area contributed by atoms with Gasteiger partial charge < -0.3 is 4.74 Å². The second-order valence-corrected chi connectivity index (χ2v) is 6.65. The number of anilines is 1. The average molecular weight is 385 g/mol. The molecule has 0 aliphatic heterocycles. The summed E-state index contributed by atoms with van der Waals surface area (Å²) < 4.78 is 6.80. The zero-order valence-electron chi connectivity index (χ0n) is 13.6. The fraction of sp³-hybridized carbons (Fsp3) is 0.0556. The van der Waals surface area contributed by atoms with Gasteiger partial charge in [-0.1, -0.05) is 29.8 Å². The maximum Gasteiger partial charge on any atom is 0.279 e. The zero-order chi connectivity index (χ0) is 18.1. The van der Waals surface area contributed by atoms with E-state index in [0.29, 0.717) is 15.7 Å². The summed E-state index contributed by atoms with van der Waals surface area (Å²) in [6.07, 6.45) is 1.74. The average Bonchev–Trinajstić information content (AvgIpc) is 3.27. The Kier molecular flexibility index (Phi) is 4.32. The molecule has 130 valence electrons. The Morgan fingerprint density at radius 2 is 2.15 bits per heavy atom. The lowest BCUT2D eigenvalue weighted by Crippen LogP contribution is -2.13. The molecule has 1 amide bonds. The fourth-order valence-electron chi connectivity index (χ4n) is 2.52. The van der Waals surface area contributed by atoms with Gasteiger partial charge in [0.15, 0.2) is 10.8 Å². The smallest absolute Gasteiger partial charge is 0.279 e. The number of carbonyl (C=O) groups excluding carboxylic acids is 1. The van der Waals surface area contributed by atoms with Crippen molar-refractivity contribution >= 4 is 39.5 Å². The monoisotopic (exact) mass is 384 g/mol. The number of aromatic nitrogens is 3. The van der Waals surface area contributed by atoms with Crippen LogP contribution < -0.4 is 10.1 Å². The predicted octanol–water partition coefficient (Wildman–Crippen LogP) is 4.37. The van der Waals surface area contributed by atoms with Gasteiger partial charge in [0.25, 0.3) is 5.91 Å². The van der Waals surface area contributed by atoms with E-state index in [9.17, 15) is 4.79 Å². The van der Waals surface area contributed by atoms with Gasteiger partial charge in [-0.25, -0.2) is 9.50 Å². The number of thiazole rings is 1. The first-order valence-corrected chi connectivity index (χ1v) is 8.95. The van der Waals surface area contributed by atoms with Crippen LogP contribution in [0.4, 0.5) is 5.13 Å². The molecule has 1 aromatic carbocycles. The van der Waals surface area contributed by atoms with Crippen LogP contribution in [-0.4, -0.2) is 27.6 Å². The molecule has 0 bridgehead atoms. The molecule has 0 saturated carbocycles. The molecule has 0 fully saturated rings. The molecule has 4 rings (SSSR count). The number of benzene rings is 1. The molecule has 0 aliphatic rings. The standard InChI is InChI=1S/C18H13ClN4O2S/c1-25-12-6-4-5-11(9-12)13-10-26-18(20-13)21-17(24)16-15(19)14-7-2-3-8-23(14)22-16/h2-10H,1H3,(H,20,21,24). The third-order valence-corrected chi connectivity index (χ3v) is 4.92. The Hall–Kier alpha value is -2.90. The summed E-state index contributed by atoms with van der Waals surface area (Å²) >= 11 is 7.61. The first kappa shape index (κ1) is 16.6. The van der Waals surface area contributed by atoms with E-state index >= 15 is 0 Å². The number of fused-ring (bicyclic) bond motifs is 1. The largest absolute Gasteiger partial charge is 0.497 e. The van der Waals surface area contributed by atoms with Gasteiger partial charge in [0.1, 0.15) is 5.75 Å². The van der Waals surface area contributed by atoms with Gasteiger partial charge in [0.05, 0.1) is 23.3 Å². The predicted molar refractivity (Wildman–Crippen MR) is 102 cm³/mol.